The first-order valence-corrected chi connectivity index (χ1v) is 9.31. The molecule has 0 spiro atoms. The van der Waals surface area contributed by atoms with E-state index in [4.69, 9.17) is 14.2 Å². The summed E-state index contributed by atoms with van der Waals surface area (Å²) < 4.78 is 15.5. The highest BCUT2D eigenvalue weighted by Crippen LogP contribution is 2.36. The molecule has 3 aromatic rings. The summed E-state index contributed by atoms with van der Waals surface area (Å²) in [5.41, 5.74) is 5.22. The molecule has 0 saturated carbocycles. The van der Waals surface area contributed by atoms with Crippen LogP contribution in [0.25, 0.3) is 11.1 Å². The molecule has 3 aromatic carbocycles. The minimum absolute atomic E-state index is 0.241. The van der Waals surface area contributed by atoms with Gasteiger partial charge in [-0.2, -0.15) is 0 Å². The number of ether oxygens (including phenoxy) is 3. The fourth-order valence-electron chi connectivity index (χ4n) is 3.38. The Balaban J connectivity index is 1.32. The molecule has 1 aliphatic rings. The van der Waals surface area contributed by atoms with E-state index in [1.165, 1.54) is 11.1 Å². The van der Waals surface area contributed by atoms with Crippen molar-refractivity contribution < 1.29 is 23.8 Å². The summed E-state index contributed by atoms with van der Waals surface area (Å²) in [6.45, 7) is -0.581. The van der Waals surface area contributed by atoms with Crippen LogP contribution in [0.3, 0.4) is 0 Å². The second kappa shape index (κ2) is 8.19. The monoisotopic (exact) mass is 388 g/mol. The number of carbonyl (C=O) groups excluding carboxylic acids is 2. The van der Waals surface area contributed by atoms with Crippen molar-refractivity contribution in [2.24, 2.45) is 0 Å². The molecular formula is C24H20O5. The van der Waals surface area contributed by atoms with Crippen LogP contribution in [0, 0.1) is 0 Å². The molecule has 0 amide bonds. The molecule has 0 N–H and O–H groups in total. The maximum atomic E-state index is 12.5. The number of esters is 1. The summed E-state index contributed by atoms with van der Waals surface area (Å²) in [4.78, 5) is 24.4. The van der Waals surface area contributed by atoms with Gasteiger partial charge in [0, 0.05) is 5.56 Å². The van der Waals surface area contributed by atoms with Crippen LogP contribution in [0.5, 0.6) is 11.5 Å². The zero-order valence-electron chi connectivity index (χ0n) is 16.0. The summed E-state index contributed by atoms with van der Waals surface area (Å²) >= 11 is 0. The molecule has 0 heterocycles. The van der Waals surface area contributed by atoms with Gasteiger partial charge in [-0.15, -0.1) is 0 Å². The largest absolute Gasteiger partial charge is 0.497 e. The minimum atomic E-state index is -0.597. The molecule has 0 fully saturated rings. The van der Waals surface area contributed by atoms with Gasteiger partial charge in [-0.1, -0.05) is 36.4 Å². The van der Waals surface area contributed by atoms with Crippen molar-refractivity contribution in [3.05, 3.63) is 83.4 Å². The fourth-order valence-corrected chi connectivity index (χ4v) is 3.38. The van der Waals surface area contributed by atoms with Crippen molar-refractivity contribution in [2.75, 3.05) is 20.3 Å². The zero-order chi connectivity index (χ0) is 20.2. The number of hydrogen-bond acceptors (Lipinski definition) is 5. The molecule has 4 rings (SSSR count). The third kappa shape index (κ3) is 4.14. The molecule has 0 unspecified atom stereocenters. The van der Waals surface area contributed by atoms with Crippen LogP contribution in [-0.4, -0.2) is 32.1 Å². The molecule has 5 heteroatoms. The number of hydrogen-bond donors (Lipinski definition) is 0. The summed E-state index contributed by atoms with van der Waals surface area (Å²) in [6, 6.07) is 20.7. The first-order chi connectivity index (χ1) is 14.1. The average Bonchev–Trinajstić information content (AvgIpc) is 3.14. The highest BCUT2D eigenvalue weighted by molar-refractivity contribution is 5.99. The van der Waals surface area contributed by atoms with Crippen LogP contribution < -0.4 is 9.47 Å². The molecule has 0 atom stereocenters. The lowest BCUT2D eigenvalue weighted by atomic mass is 10.0. The number of benzene rings is 3. The van der Waals surface area contributed by atoms with Gasteiger partial charge >= 0.3 is 5.97 Å². The number of methoxy groups -OCH3 is 1. The van der Waals surface area contributed by atoms with Crippen molar-refractivity contribution in [1.82, 2.24) is 0 Å². The zero-order valence-corrected chi connectivity index (χ0v) is 16.0. The van der Waals surface area contributed by atoms with Crippen molar-refractivity contribution in [3.63, 3.8) is 0 Å². The topological polar surface area (TPSA) is 61.8 Å². The van der Waals surface area contributed by atoms with Gasteiger partial charge in [0.15, 0.2) is 19.0 Å². The Kier molecular flexibility index (Phi) is 5.29. The average molecular weight is 388 g/mol. The number of carbonyl (C=O) groups is 2. The highest BCUT2D eigenvalue weighted by atomic mass is 16.6. The molecule has 29 heavy (non-hydrogen) atoms. The Morgan fingerprint density at radius 3 is 2.34 bits per heavy atom. The Morgan fingerprint density at radius 2 is 1.55 bits per heavy atom. The Hall–Kier alpha value is -3.60. The summed E-state index contributed by atoms with van der Waals surface area (Å²) in [5, 5.41) is 0. The van der Waals surface area contributed by atoms with Crippen LogP contribution in [-0.2, 0) is 16.0 Å². The SMILES string of the molecule is COc1ccc(OCC(=O)OCC(=O)c2ccc3c(c2)-c2ccccc2C3)cc1. The molecule has 0 radical (unpaired) electrons. The van der Waals surface area contributed by atoms with Crippen LogP contribution in [0.4, 0.5) is 0 Å². The van der Waals surface area contributed by atoms with E-state index in [-0.39, 0.29) is 19.0 Å². The maximum absolute atomic E-state index is 12.5. The second-order valence-electron chi connectivity index (χ2n) is 6.75. The van der Waals surface area contributed by atoms with Gasteiger partial charge in [0.05, 0.1) is 7.11 Å². The van der Waals surface area contributed by atoms with Crippen molar-refractivity contribution in [1.29, 1.82) is 0 Å². The van der Waals surface area contributed by atoms with E-state index in [0.29, 0.717) is 17.1 Å². The molecule has 0 aliphatic heterocycles. The fraction of sp³-hybridized carbons (Fsp3) is 0.167. The Bertz CT molecular complexity index is 1050. The van der Waals surface area contributed by atoms with Crippen LogP contribution in [0.15, 0.2) is 66.7 Å². The minimum Gasteiger partial charge on any atom is -0.497 e. The normalized spacial score (nSPS) is 11.3. The number of Topliss-reactive ketones (excluding diaryl/α,β-unsaturated/α-hetero) is 1. The molecule has 0 saturated heterocycles. The summed E-state index contributed by atoms with van der Waals surface area (Å²) in [6.07, 6.45) is 0.873. The summed E-state index contributed by atoms with van der Waals surface area (Å²) in [7, 11) is 1.57. The van der Waals surface area contributed by atoms with Gasteiger partial charge < -0.3 is 14.2 Å². The van der Waals surface area contributed by atoms with E-state index in [1.807, 2.05) is 24.3 Å². The second-order valence-corrected chi connectivity index (χ2v) is 6.75. The lowest BCUT2D eigenvalue weighted by molar-refractivity contribution is -0.144. The molecule has 1 aliphatic carbocycles. The molecule has 5 nitrogen and oxygen atoms in total. The molecular weight excluding hydrogens is 368 g/mol. The molecule has 146 valence electrons. The summed E-state index contributed by atoms with van der Waals surface area (Å²) in [5.74, 6) is 0.379. The van der Waals surface area contributed by atoms with Gasteiger partial charge in [0.1, 0.15) is 11.5 Å². The maximum Gasteiger partial charge on any atom is 0.344 e. The standard InChI is InChI=1S/C24H20O5/c1-27-19-8-10-20(11-9-19)28-15-24(26)29-14-23(25)18-7-6-17-12-16-4-2-3-5-21(16)22(17)13-18/h2-11,13H,12,14-15H2,1H3. The predicted molar refractivity (Wildman–Crippen MR) is 108 cm³/mol. The lowest BCUT2D eigenvalue weighted by Gasteiger charge is -2.08. The first-order valence-electron chi connectivity index (χ1n) is 9.31. The van der Waals surface area contributed by atoms with E-state index < -0.39 is 5.97 Å². The van der Waals surface area contributed by atoms with Gasteiger partial charge in [-0.05, 0) is 59.0 Å². The van der Waals surface area contributed by atoms with E-state index in [9.17, 15) is 9.59 Å². The third-order valence-corrected chi connectivity index (χ3v) is 4.90. The highest BCUT2D eigenvalue weighted by Gasteiger charge is 2.20. The predicted octanol–water partition coefficient (Wildman–Crippen LogP) is 4.07. The van der Waals surface area contributed by atoms with Crippen LogP contribution >= 0.6 is 0 Å². The number of rotatable bonds is 7. The van der Waals surface area contributed by atoms with Crippen molar-refractivity contribution in [3.8, 4) is 22.6 Å². The van der Waals surface area contributed by atoms with E-state index >= 15 is 0 Å². The third-order valence-electron chi connectivity index (χ3n) is 4.90. The molecule has 0 bridgehead atoms. The Labute approximate surface area is 168 Å². The smallest absolute Gasteiger partial charge is 0.344 e. The van der Waals surface area contributed by atoms with E-state index in [1.54, 1.807) is 37.4 Å². The Morgan fingerprint density at radius 1 is 0.828 bits per heavy atom. The van der Waals surface area contributed by atoms with E-state index in [2.05, 4.69) is 12.1 Å². The van der Waals surface area contributed by atoms with Crippen LogP contribution in [0.1, 0.15) is 21.5 Å². The van der Waals surface area contributed by atoms with Gasteiger partial charge in [0.25, 0.3) is 0 Å². The van der Waals surface area contributed by atoms with Crippen molar-refractivity contribution >= 4 is 11.8 Å². The first kappa shape index (κ1) is 18.7. The van der Waals surface area contributed by atoms with E-state index in [0.717, 1.165) is 17.5 Å². The quantitative estimate of drug-likeness (QED) is 0.353. The van der Waals surface area contributed by atoms with Crippen LogP contribution in [0.2, 0.25) is 0 Å². The molecule has 0 aromatic heterocycles. The number of fused-ring (bicyclic) bond motifs is 3. The van der Waals surface area contributed by atoms with Gasteiger partial charge in [0.2, 0.25) is 0 Å². The van der Waals surface area contributed by atoms with Crippen molar-refractivity contribution in [2.45, 2.75) is 6.42 Å². The van der Waals surface area contributed by atoms with Gasteiger partial charge in [-0.3, -0.25) is 4.79 Å². The number of ketones is 1. The lowest BCUT2D eigenvalue weighted by Crippen LogP contribution is -2.19. The van der Waals surface area contributed by atoms with Gasteiger partial charge in [-0.25, -0.2) is 4.79 Å².